The van der Waals surface area contributed by atoms with Crippen LogP contribution in [0.2, 0.25) is 5.02 Å². The molecule has 5 aromatic rings. The van der Waals surface area contributed by atoms with Gasteiger partial charge in [-0.25, -0.2) is 19.3 Å². The van der Waals surface area contributed by atoms with E-state index >= 15 is 0 Å². The number of rotatable bonds is 8. The molecule has 2 aliphatic heterocycles. The zero-order valence-corrected chi connectivity index (χ0v) is 31.1. The Morgan fingerprint density at radius 2 is 1.71 bits per heavy atom. The first-order valence-electron chi connectivity index (χ1n) is 17.2. The van der Waals surface area contributed by atoms with Gasteiger partial charge < -0.3 is 19.5 Å². The summed E-state index contributed by atoms with van der Waals surface area (Å²) < 4.78 is 41.2. The molecular formula is C38H40ClF2N5O5S. The van der Waals surface area contributed by atoms with Crippen LogP contribution < -0.4 is 0 Å². The number of aryl methyl sites for hydroxylation is 1. The predicted molar refractivity (Wildman–Crippen MR) is 197 cm³/mol. The summed E-state index contributed by atoms with van der Waals surface area (Å²) in [5.41, 5.74) is 4.42. The topological polar surface area (TPSA) is 110 Å². The van der Waals surface area contributed by atoms with Gasteiger partial charge in [0.15, 0.2) is 6.10 Å². The summed E-state index contributed by atoms with van der Waals surface area (Å²) in [6, 6.07) is 14.8. The number of amides is 1. The Bertz CT molecular complexity index is 2150. The molecule has 2 aromatic heterocycles. The van der Waals surface area contributed by atoms with Gasteiger partial charge in [0, 0.05) is 52.1 Å². The highest BCUT2D eigenvalue weighted by atomic mass is 35.5. The van der Waals surface area contributed by atoms with Crippen molar-refractivity contribution in [3.8, 4) is 21.7 Å². The van der Waals surface area contributed by atoms with Gasteiger partial charge in [-0.1, -0.05) is 23.7 Å². The number of nitrogens with zero attached hydrogens (tertiary/aromatic N) is 5. The van der Waals surface area contributed by atoms with Gasteiger partial charge in [-0.3, -0.25) is 4.90 Å². The number of aliphatic carboxylic acids is 1. The number of piperidine rings is 1. The van der Waals surface area contributed by atoms with E-state index in [9.17, 15) is 23.5 Å². The molecule has 2 aliphatic rings. The zero-order valence-electron chi connectivity index (χ0n) is 29.5. The number of hydrogen-bond donors (Lipinski definition) is 1. The molecule has 1 amide bonds. The van der Waals surface area contributed by atoms with Crippen LogP contribution in [0.1, 0.15) is 69.0 Å². The molecule has 3 aromatic carbocycles. The number of ether oxygens (including phenoxy) is 2. The van der Waals surface area contributed by atoms with E-state index in [1.54, 1.807) is 29.2 Å². The molecule has 0 bridgehead atoms. The lowest BCUT2D eigenvalue weighted by atomic mass is 9.90. The molecule has 7 rings (SSSR count). The highest BCUT2D eigenvalue weighted by Gasteiger charge is 2.38. The molecule has 10 nitrogen and oxygen atoms in total. The number of thiazole rings is 1. The van der Waals surface area contributed by atoms with E-state index < -0.39 is 24.2 Å². The Balaban J connectivity index is 1.28. The second-order valence-corrected chi connectivity index (χ2v) is 15.9. The van der Waals surface area contributed by atoms with Gasteiger partial charge in [0.2, 0.25) is 0 Å². The number of benzene rings is 3. The highest BCUT2D eigenvalue weighted by molar-refractivity contribution is 7.22. The predicted octanol–water partition coefficient (Wildman–Crippen LogP) is 8.91. The lowest BCUT2D eigenvalue weighted by Gasteiger charge is -2.46. The van der Waals surface area contributed by atoms with Gasteiger partial charge in [0.1, 0.15) is 5.01 Å². The van der Waals surface area contributed by atoms with E-state index in [0.717, 1.165) is 46.4 Å². The van der Waals surface area contributed by atoms with Crippen LogP contribution in [0.15, 0.2) is 48.5 Å². The van der Waals surface area contributed by atoms with Gasteiger partial charge in [0.05, 0.1) is 34.1 Å². The molecule has 0 spiro atoms. The zero-order chi connectivity index (χ0) is 37.1. The molecule has 274 valence electrons. The molecule has 0 aliphatic carbocycles. The van der Waals surface area contributed by atoms with E-state index in [0.29, 0.717) is 61.9 Å². The molecule has 2 fully saturated rings. The van der Waals surface area contributed by atoms with E-state index in [2.05, 4.69) is 10.00 Å². The third-order valence-electron chi connectivity index (χ3n) is 9.91. The summed E-state index contributed by atoms with van der Waals surface area (Å²) in [4.78, 5) is 33.6. The summed E-state index contributed by atoms with van der Waals surface area (Å²) in [6.45, 7) is 7.31. The number of methoxy groups -OCH3 is 1. The van der Waals surface area contributed by atoms with Gasteiger partial charge in [-0.2, -0.15) is 13.9 Å². The average molecular weight is 752 g/mol. The van der Waals surface area contributed by atoms with Crippen molar-refractivity contribution in [1.82, 2.24) is 24.6 Å². The molecule has 2 saturated heterocycles. The van der Waals surface area contributed by atoms with Crippen LogP contribution >= 0.6 is 22.9 Å². The first-order valence-corrected chi connectivity index (χ1v) is 18.4. The molecule has 1 atom stereocenters. The summed E-state index contributed by atoms with van der Waals surface area (Å²) in [5.74, 6) is -1.12. The van der Waals surface area contributed by atoms with Crippen LogP contribution in [0.4, 0.5) is 13.6 Å². The summed E-state index contributed by atoms with van der Waals surface area (Å²) in [6.07, 6.45) is -0.0655. The Hall–Kier alpha value is -4.17. The van der Waals surface area contributed by atoms with Crippen molar-refractivity contribution in [2.45, 2.75) is 70.8 Å². The van der Waals surface area contributed by atoms with Crippen LogP contribution in [-0.4, -0.2) is 86.7 Å². The van der Waals surface area contributed by atoms with Gasteiger partial charge in [-0.05, 0) is 101 Å². The minimum atomic E-state index is -2.80. The van der Waals surface area contributed by atoms with Crippen molar-refractivity contribution < 1.29 is 33.0 Å². The van der Waals surface area contributed by atoms with Gasteiger partial charge in [-0.15, -0.1) is 11.3 Å². The number of carbonyl (C=O) groups excluding carboxylic acids is 1. The van der Waals surface area contributed by atoms with Gasteiger partial charge >= 0.3 is 18.6 Å². The SMILES string of the molecule is COC(=O)N1CC(N2CCC(c3nn(C(F)F)c4ccc(-c5nc6cc(C)c([C@H](OC(C)(C)C)C(=O)O)c(-c7ccc(Cl)cc7)c6s5)cc34)CC2)C1. The molecule has 1 N–H and O–H groups in total. The fourth-order valence-corrected chi connectivity index (χ4v) is 8.66. The van der Waals surface area contributed by atoms with E-state index in [4.69, 9.17) is 26.1 Å². The first kappa shape index (κ1) is 36.2. The third-order valence-corrected chi connectivity index (χ3v) is 11.3. The van der Waals surface area contributed by atoms with Crippen LogP contribution in [-0.2, 0) is 14.3 Å². The first-order chi connectivity index (χ1) is 24.7. The second-order valence-electron chi connectivity index (χ2n) is 14.5. The molecule has 14 heteroatoms. The van der Waals surface area contributed by atoms with Crippen LogP contribution in [0.25, 0.3) is 42.8 Å². The fraction of sp³-hybridized carbons (Fsp3) is 0.421. The number of fused-ring (bicyclic) bond motifs is 2. The third kappa shape index (κ3) is 6.87. The number of carboxylic acids is 1. The molecular weight excluding hydrogens is 712 g/mol. The van der Waals surface area contributed by atoms with Crippen LogP contribution in [0.3, 0.4) is 0 Å². The number of carbonyl (C=O) groups is 2. The molecule has 0 saturated carbocycles. The maximum absolute atomic E-state index is 14.3. The average Bonchev–Trinajstić information content (AvgIpc) is 3.68. The van der Waals surface area contributed by atoms with Crippen molar-refractivity contribution in [2.75, 3.05) is 33.3 Å². The van der Waals surface area contributed by atoms with Crippen LogP contribution in [0.5, 0.6) is 0 Å². The molecule has 4 heterocycles. The monoisotopic (exact) mass is 751 g/mol. The smallest absolute Gasteiger partial charge is 0.409 e. The number of hydrogen-bond acceptors (Lipinski definition) is 8. The second kappa shape index (κ2) is 14.0. The normalized spacial score (nSPS) is 16.9. The van der Waals surface area contributed by atoms with Crippen molar-refractivity contribution in [3.05, 3.63) is 70.4 Å². The van der Waals surface area contributed by atoms with Crippen molar-refractivity contribution in [1.29, 1.82) is 0 Å². The van der Waals surface area contributed by atoms with E-state index in [1.807, 2.05) is 52.0 Å². The van der Waals surface area contributed by atoms with Gasteiger partial charge in [0.25, 0.3) is 0 Å². The Morgan fingerprint density at radius 3 is 2.33 bits per heavy atom. The summed E-state index contributed by atoms with van der Waals surface area (Å²) in [5, 5.41) is 16.8. The van der Waals surface area contributed by atoms with Crippen molar-refractivity contribution >= 4 is 56.1 Å². The summed E-state index contributed by atoms with van der Waals surface area (Å²) >= 11 is 7.67. The van der Waals surface area contributed by atoms with E-state index in [-0.39, 0.29) is 18.1 Å². The molecule has 0 radical (unpaired) electrons. The largest absolute Gasteiger partial charge is 0.479 e. The molecule has 52 heavy (non-hydrogen) atoms. The summed E-state index contributed by atoms with van der Waals surface area (Å²) in [7, 11) is 1.38. The number of alkyl halides is 2. The highest BCUT2D eigenvalue weighted by Crippen LogP contribution is 2.45. The minimum Gasteiger partial charge on any atom is -0.479 e. The quantitative estimate of drug-likeness (QED) is 0.167. The molecule has 0 unspecified atom stereocenters. The van der Waals surface area contributed by atoms with Crippen molar-refractivity contribution in [3.63, 3.8) is 0 Å². The number of aromatic nitrogens is 3. The maximum atomic E-state index is 14.3. The maximum Gasteiger partial charge on any atom is 0.409 e. The minimum absolute atomic E-state index is 0.0152. The van der Waals surface area contributed by atoms with Crippen LogP contribution in [0, 0.1) is 6.92 Å². The lowest BCUT2D eigenvalue weighted by Crippen LogP contribution is -2.62. The Morgan fingerprint density at radius 1 is 1.04 bits per heavy atom. The Labute approximate surface area is 308 Å². The Kier molecular flexibility index (Phi) is 9.74. The number of halogens is 3. The lowest BCUT2D eigenvalue weighted by molar-refractivity contribution is -0.160. The van der Waals surface area contributed by atoms with Crippen molar-refractivity contribution in [2.24, 2.45) is 0 Å². The standard InChI is InChI=1S/C38H40ClF2N5O5S/c1-20-16-27-33(30(21-6-9-24(39)10-7-21)29(20)32(35(47)48)51-38(2,3)4)52-34(42-27)23-8-11-28-26(17-23)31(43-46(28)36(40)41)22-12-14-44(15-13-22)25-18-45(19-25)37(49)50-5/h6-11,16-17,22,25,32,36H,12-15,18-19H2,1-5H3,(H,47,48)/t32-/m0/s1. The number of carboxylic acid groups (broad SMARTS) is 1. The number of likely N-dealkylation sites (tertiary alicyclic amines) is 2. The van der Waals surface area contributed by atoms with E-state index in [1.165, 1.54) is 18.4 Å². The fourth-order valence-electron chi connectivity index (χ4n) is 7.41.